The van der Waals surface area contributed by atoms with Crippen LogP contribution in [0.15, 0.2) is 18.2 Å². The minimum Gasteiger partial charge on any atom is -0.479 e. The highest BCUT2D eigenvalue weighted by Crippen LogP contribution is 2.23. The summed E-state index contributed by atoms with van der Waals surface area (Å²) >= 11 is 0. The van der Waals surface area contributed by atoms with Gasteiger partial charge < -0.3 is 15.6 Å². The highest BCUT2D eigenvalue weighted by molar-refractivity contribution is 5.73. The van der Waals surface area contributed by atoms with Crippen LogP contribution in [0, 0.1) is 6.92 Å². The molecule has 82 valence electrons. The molecule has 0 amide bonds. The molecule has 1 aromatic rings. The number of carbonyl (C=O) groups is 1. The molecule has 1 atom stereocenters. The van der Waals surface area contributed by atoms with Crippen molar-refractivity contribution in [1.82, 2.24) is 0 Å². The Kier molecular flexibility index (Phi) is 3.55. The van der Waals surface area contributed by atoms with E-state index < -0.39 is 12.1 Å². The van der Waals surface area contributed by atoms with Crippen molar-refractivity contribution in [3.63, 3.8) is 0 Å². The average molecular weight is 209 g/mol. The highest BCUT2D eigenvalue weighted by Gasteiger charge is 2.17. The summed E-state index contributed by atoms with van der Waals surface area (Å²) < 4.78 is 5.29. The number of carboxylic acids is 1. The molecule has 1 unspecified atom stereocenters. The molecule has 0 aromatic heterocycles. The van der Waals surface area contributed by atoms with Crippen LogP contribution < -0.4 is 10.5 Å². The lowest BCUT2D eigenvalue weighted by atomic mass is 10.2. The zero-order valence-electron chi connectivity index (χ0n) is 8.86. The molecule has 0 saturated carbocycles. The molecular weight excluding hydrogens is 194 g/mol. The molecule has 0 saturated heterocycles. The second-order valence-corrected chi connectivity index (χ2v) is 3.39. The topological polar surface area (TPSA) is 72.5 Å². The molecule has 4 nitrogen and oxygen atoms in total. The van der Waals surface area contributed by atoms with Crippen LogP contribution in [0.1, 0.15) is 18.9 Å². The van der Waals surface area contributed by atoms with Gasteiger partial charge in [0, 0.05) is 0 Å². The second-order valence-electron chi connectivity index (χ2n) is 3.39. The van der Waals surface area contributed by atoms with Gasteiger partial charge in [-0.1, -0.05) is 13.0 Å². The van der Waals surface area contributed by atoms with Gasteiger partial charge in [-0.25, -0.2) is 4.79 Å². The van der Waals surface area contributed by atoms with Gasteiger partial charge in [0.05, 0.1) is 5.69 Å². The van der Waals surface area contributed by atoms with E-state index in [1.807, 2.05) is 13.0 Å². The third-order valence-corrected chi connectivity index (χ3v) is 2.08. The van der Waals surface area contributed by atoms with Crippen LogP contribution in [0.3, 0.4) is 0 Å². The van der Waals surface area contributed by atoms with E-state index in [1.54, 1.807) is 19.1 Å². The average Bonchev–Trinajstić information content (AvgIpc) is 2.16. The molecule has 1 rings (SSSR count). The van der Waals surface area contributed by atoms with Gasteiger partial charge in [-0.2, -0.15) is 0 Å². The molecule has 15 heavy (non-hydrogen) atoms. The van der Waals surface area contributed by atoms with Gasteiger partial charge in [0.15, 0.2) is 6.10 Å². The van der Waals surface area contributed by atoms with E-state index in [-0.39, 0.29) is 0 Å². The minimum absolute atomic E-state index is 0.405. The van der Waals surface area contributed by atoms with E-state index in [9.17, 15) is 4.79 Å². The lowest BCUT2D eigenvalue weighted by molar-refractivity contribution is -0.145. The number of anilines is 1. The first kappa shape index (κ1) is 11.4. The maximum absolute atomic E-state index is 10.7. The third kappa shape index (κ3) is 2.87. The first-order valence-electron chi connectivity index (χ1n) is 4.80. The van der Waals surface area contributed by atoms with Gasteiger partial charge in [0.25, 0.3) is 0 Å². The third-order valence-electron chi connectivity index (χ3n) is 2.08. The quantitative estimate of drug-likeness (QED) is 0.742. The number of rotatable bonds is 4. The number of ether oxygens (including phenoxy) is 1. The summed E-state index contributed by atoms with van der Waals surface area (Å²) in [7, 11) is 0. The van der Waals surface area contributed by atoms with Crippen LogP contribution in [-0.2, 0) is 4.79 Å². The molecule has 4 heteroatoms. The summed E-state index contributed by atoms with van der Waals surface area (Å²) in [6.07, 6.45) is -0.433. The summed E-state index contributed by atoms with van der Waals surface area (Å²) in [4.78, 5) is 10.7. The second kappa shape index (κ2) is 4.68. The van der Waals surface area contributed by atoms with Crippen molar-refractivity contribution < 1.29 is 14.6 Å². The molecule has 0 radical (unpaired) electrons. The summed E-state index contributed by atoms with van der Waals surface area (Å²) in [6, 6.07) is 5.28. The molecule has 0 aliphatic carbocycles. The number of hydrogen-bond acceptors (Lipinski definition) is 3. The Morgan fingerprint density at radius 3 is 2.73 bits per heavy atom. The van der Waals surface area contributed by atoms with Crippen LogP contribution in [0.25, 0.3) is 0 Å². The number of nitrogens with two attached hydrogens (primary N) is 1. The number of carboxylic acid groups (broad SMARTS) is 1. The van der Waals surface area contributed by atoms with E-state index in [1.165, 1.54) is 0 Å². The maximum Gasteiger partial charge on any atom is 0.344 e. The van der Waals surface area contributed by atoms with Gasteiger partial charge in [-0.3, -0.25) is 0 Å². The molecule has 0 heterocycles. The first-order valence-corrected chi connectivity index (χ1v) is 4.80. The standard InChI is InChI=1S/C11H15NO3/c1-3-9(11(13)14)15-10-5-4-7(2)6-8(10)12/h4-6,9H,3,12H2,1-2H3,(H,13,14). The van der Waals surface area contributed by atoms with Crippen LogP contribution in [0.5, 0.6) is 5.75 Å². The van der Waals surface area contributed by atoms with Crippen molar-refractivity contribution in [2.45, 2.75) is 26.4 Å². The molecule has 0 aliphatic rings. The van der Waals surface area contributed by atoms with Crippen molar-refractivity contribution in [3.05, 3.63) is 23.8 Å². The lowest BCUT2D eigenvalue weighted by Gasteiger charge is -2.14. The van der Waals surface area contributed by atoms with E-state index in [2.05, 4.69) is 0 Å². The van der Waals surface area contributed by atoms with E-state index in [4.69, 9.17) is 15.6 Å². The monoisotopic (exact) mass is 209 g/mol. The largest absolute Gasteiger partial charge is 0.479 e. The molecule has 0 spiro atoms. The van der Waals surface area contributed by atoms with Gasteiger partial charge >= 0.3 is 5.97 Å². The SMILES string of the molecule is CCC(Oc1ccc(C)cc1N)C(=O)O. The fourth-order valence-corrected chi connectivity index (χ4v) is 1.24. The van der Waals surface area contributed by atoms with Crippen LogP contribution >= 0.6 is 0 Å². The summed E-state index contributed by atoms with van der Waals surface area (Å²) in [5.41, 5.74) is 7.19. The number of benzene rings is 1. The minimum atomic E-state index is -0.975. The predicted molar refractivity (Wildman–Crippen MR) is 57.9 cm³/mol. The zero-order chi connectivity index (χ0) is 11.4. The fourth-order valence-electron chi connectivity index (χ4n) is 1.24. The van der Waals surface area contributed by atoms with Gasteiger partial charge in [0.1, 0.15) is 5.75 Å². The van der Waals surface area contributed by atoms with Crippen molar-refractivity contribution in [3.8, 4) is 5.75 Å². The fraction of sp³-hybridized carbons (Fsp3) is 0.364. The predicted octanol–water partition coefficient (Wildman–Crippen LogP) is 1.82. The Bertz CT molecular complexity index is 363. The smallest absolute Gasteiger partial charge is 0.344 e. The summed E-state index contributed by atoms with van der Waals surface area (Å²) in [5, 5.41) is 8.81. The molecule has 0 fully saturated rings. The number of aliphatic carboxylic acids is 1. The van der Waals surface area contributed by atoms with Crippen molar-refractivity contribution in [1.29, 1.82) is 0 Å². The molecule has 0 aliphatic heterocycles. The Labute approximate surface area is 88.7 Å². The molecular formula is C11H15NO3. The number of hydrogen-bond donors (Lipinski definition) is 2. The maximum atomic E-state index is 10.7. The van der Waals surface area contributed by atoms with Crippen molar-refractivity contribution in [2.75, 3.05) is 5.73 Å². The first-order chi connectivity index (χ1) is 7.04. The number of aryl methyl sites for hydroxylation is 1. The van der Waals surface area contributed by atoms with Crippen molar-refractivity contribution in [2.24, 2.45) is 0 Å². The van der Waals surface area contributed by atoms with Gasteiger partial charge in [0.2, 0.25) is 0 Å². The highest BCUT2D eigenvalue weighted by atomic mass is 16.5. The van der Waals surface area contributed by atoms with E-state index in [0.29, 0.717) is 17.9 Å². The van der Waals surface area contributed by atoms with Crippen molar-refractivity contribution >= 4 is 11.7 Å². The summed E-state index contributed by atoms with van der Waals surface area (Å²) in [6.45, 7) is 3.66. The lowest BCUT2D eigenvalue weighted by Crippen LogP contribution is -2.26. The van der Waals surface area contributed by atoms with Crippen LogP contribution in [-0.4, -0.2) is 17.2 Å². The molecule has 1 aromatic carbocycles. The van der Waals surface area contributed by atoms with E-state index in [0.717, 1.165) is 5.56 Å². The van der Waals surface area contributed by atoms with Gasteiger partial charge in [-0.05, 0) is 31.0 Å². The molecule has 0 bridgehead atoms. The Balaban J connectivity index is 2.84. The van der Waals surface area contributed by atoms with E-state index >= 15 is 0 Å². The Morgan fingerprint density at radius 1 is 1.60 bits per heavy atom. The van der Waals surface area contributed by atoms with Crippen LogP contribution in [0.4, 0.5) is 5.69 Å². The normalized spacial score (nSPS) is 12.1. The zero-order valence-corrected chi connectivity index (χ0v) is 8.86. The Hall–Kier alpha value is -1.71. The molecule has 3 N–H and O–H groups in total. The van der Waals surface area contributed by atoms with Crippen LogP contribution in [0.2, 0.25) is 0 Å². The number of nitrogen functional groups attached to an aromatic ring is 1. The Morgan fingerprint density at radius 2 is 2.27 bits per heavy atom. The summed E-state index contributed by atoms with van der Waals surface area (Å²) in [5.74, 6) is -0.549. The van der Waals surface area contributed by atoms with Gasteiger partial charge in [-0.15, -0.1) is 0 Å².